The highest BCUT2D eigenvalue weighted by Gasteiger charge is 2.26. The normalized spacial score (nSPS) is 16.6. The highest BCUT2D eigenvalue weighted by Crippen LogP contribution is 2.43. The molecule has 0 saturated carbocycles. The minimum absolute atomic E-state index is 0.225. The van der Waals surface area contributed by atoms with Crippen LogP contribution in [0.3, 0.4) is 0 Å². The third-order valence-corrected chi connectivity index (χ3v) is 5.36. The van der Waals surface area contributed by atoms with Gasteiger partial charge in [0, 0.05) is 25.2 Å². The van der Waals surface area contributed by atoms with E-state index in [1.807, 2.05) is 11.9 Å². The number of hydrogen-bond donors (Lipinski definition) is 1. The number of anilines is 1. The summed E-state index contributed by atoms with van der Waals surface area (Å²) in [5.74, 6) is 0. The van der Waals surface area contributed by atoms with Crippen LogP contribution in [0.25, 0.3) is 0 Å². The summed E-state index contributed by atoms with van der Waals surface area (Å²) in [7, 11) is 1.76. The van der Waals surface area contributed by atoms with E-state index in [1.165, 1.54) is 21.7 Å². The summed E-state index contributed by atoms with van der Waals surface area (Å²) in [4.78, 5) is 1.33. The van der Waals surface area contributed by atoms with Gasteiger partial charge in [0.25, 0.3) is 0 Å². The van der Waals surface area contributed by atoms with Crippen LogP contribution in [0.4, 0.5) is 5.69 Å². The van der Waals surface area contributed by atoms with Crippen LogP contribution in [0, 0.1) is 0 Å². The predicted molar refractivity (Wildman–Crippen MR) is 98.1 cm³/mol. The first-order valence-corrected chi connectivity index (χ1v) is 8.98. The fourth-order valence-electron chi connectivity index (χ4n) is 3.01. The van der Waals surface area contributed by atoms with Crippen LogP contribution < -0.4 is 9.62 Å². The predicted octanol–water partition coefficient (Wildman–Crippen LogP) is 4.25. The van der Waals surface area contributed by atoms with Gasteiger partial charge < -0.3 is 14.4 Å². The second-order valence-electron chi connectivity index (χ2n) is 5.62. The molecule has 3 rings (SSSR count). The number of nitrogens with one attached hydrogen (secondary N) is 1. The topological polar surface area (TPSA) is 24.5 Å². The Balaban J connectivity index is 1.98. The van der Waals surface area contributed by atoms with E-state index < -0.39 is 0 Å². The number of fused-ring (bicyclic) bond motifs is 2. The van der Waals surface area contributed by atoms with E-state index in [9.17, 15) is 0 Å². The van der Waals surface area contributed by atoms with Gasteiger partial charge in [0.05, 0.1) is 11.7 Å². The number of ether oxygens (including phenoxy) is 1. The third-order valence-electron chi connectivity index (χ3n) is 4.12. The van der Waals surface area contributed by atoms with Gasteiger partial charge in [-0.2, -0.15) is 0 Å². The summed E-state index contributed by atoms with van der Waals surface area (Å²) in [5.41, 5.74) is 4.02. The molecule has 122 valence electrons. The molecule has 4 heteroatoms. The number of rotatable bonds is 6. The molecule has 2 aromatic carbocycles. The van der Waals surface area contributed by atoms with Crippen LogP contribution in [-0.4, -0.2) is 26.8 Å². The third kappa shape index (κ3) is 3.55. The Morgan fingerprint density at radius 2 is 1.83 bits per heavy atom. The van der Waals surface area contributed by atoms with Crippen molar-refractivity contribution >= 4 is 17.6 Å². The Bertz CT molecular complexity index is 647. The van der Waals surface area contributed by atoms with Crippen LogP contribution in [0.15, 0.2) is 53.4 Å². The molecule has 23 heavy (non-hydrogen) atoms. The Morgan fingerprint density at radius 3 is 2.61 bits per heavy atom. The van der Waals surface area contributed by atoms with Gasteiger partial charge in [0.2, 0.25) is 0 Å². The molecule has 1 N–H and O–H groups in total. The molecule has 0 saturated heterocycles. The van der Waals surface area contributed by atoms with Gasteiger partial charge in [-0.15, -0.1) is 0 Å². The highest BCUT2D eigenvalue weighted by atomic mass is 32.2. The molecular weight excluding hydrogens is 304 g/mol. The maximum absolute atomic E-state index is 5.18. The molecule has 2 aromatic rings. The van der Waals surface area contributed by atoms with Gasteiger partial charge in [-0.3, -0.25) is 0 Å². The summed E-state index contributed by atoms with van der Waals surface area (Å²) < 4.78 is 7.56. The minimum Gasteiger partial charge on any atom is -0.385 e. The molecule has 1 atom stereocenters. The smallest absolute Gasteiger partial charge is 0.0609 e. The second kappa shape index (κ2) is 7.86. The molecule has 3 nitrogen and oxygen atoms in total. The van der Waals surface area contributed by atoms with E-state index in [1.54, 1.807) is 7.11 Å². The van der Waals surface area contributed by atoms with Crippen LogP contribution >= 0.6 is 11.9 Å². The molecule has 0 bridgehead atoms. The minimum atomic E-state index is 0.225. The molecule has 0 aromatic heterocycles. The first kappa shape index (κ1) is 16.4. The van der Waals surface area contributed by atoms with Gasteiger partial charge in [-0.05, 0) is 55.1 Å². The SMILES string of the molecule is CCN1Sc2ccccc2C(NCCCOC)c2ccccc21. The Hall–Kier alpha value is -1.49. The van der Waals surface area contributed by atoms with E-state index >= 15 is 0 Å². The van der Waals surface area contributed by atoms with Gasteiger partial charge in [-0.25, -0.2) is 0 Å². The lowest BCUT2D eigenvalue weighted by Crippen LogP contribution is -2.25. The van der Waals surface area contributed by atoms with E-state index in [-0.39, 0.29) is 6.04 Å². The van der Waals surface area contributed by atoms with Crippen molar-refractivity contribution in [2.75, 3.05) is 31.1 Å². The molecule has 0 radical (unpaired) electrons. The fourth-order valence-corrected chi connectivity index (χ4v) is 4.08. The van der Waals surface area contributed by atoms with Crippen LogP contribution in [0.2, 0.25) is 0 Å². The molecule has 1 aliphatic heterocycles. The van der Waals surface area contributed by atoms with Gasteiger partial charge in [0.1, 0.15) is 0 Å². The van der Waals surface area contributed by atoms with Crippen molar-refractivity contribution in [1.29, 1.82) is 0 Å². The lowest BCUT2D eigenvalue weighted by molar-refractivity contribution is 0.193. The van der Waals surface area contributed by atoms with Crippen molar-refractivity contribution in [3.8, 4) is 0 Å². The highest BCUT2D eigenvalue weighted by molar-refractivity contribution is 8.00. The largest absolute Gasteiger partial charge is 0.385 e. The van der Waals surface area contributed by atoms with E-state index in [4.69, 9.17) is 4.74 Å². The summed E-state index contributed by atoms with van der Waals surface area (Å²) in [6.07, 6.45) is 1.02. The number of para-hydroxylation sites is 1. The quantitative estimate of drug-likeness (QED) is 0.633. The molecule has 1 unspecified atom stereocenters. The Labute approximate surface area is 143 Å². The number of nitrogens with zero attached hydrogens (tertiary/aromatic N) is 1. The lowest BCUT2D eigenvalue weighted by Gasteiger charge is -2.23. The summed E-state index contributed by atoms with van der Waals surface area (Å²) in [5, 5.41) is 3.73. The zero-order valence-corrected chi connectivity index (χ0v) is 14.6. The van der Waals surface area contributed by atoms with Crippen molar-refractivity contribution in [3.05, 3.63) is 59.7 Å². The Morgan fingerprint density at radius 1 is 1.09 bits per heavy atom. The fraction of sp³-hybridized carbons (Fsp3) is 0.368. The van der Waals surface area contributed by atoms with Crippen molar-refractivity contribution in [3.63, 3.8) is 0 Å². The molecular formula is C19H24N2OS. The molecule has 0 fully saturated rings. The van der Waals surface area contributed by atoms with Crippen molar-refractivity contribution in [2.45, 2.75) is 24.3 Å². The molecule has 0 spiro atoms. The van der Waals surface area contributed by atoms with Crippen molar-refractivity contribution in [1.82, 2.24) is 5.32 Å². The molecule has 1 aliphatic rings. The maximum Gasteiger partial charge on any atom is 0.0609 e. The lowest BCUT2D eigenvalue weighted by atomic mass is 9.97. The average molecular weight is 328 g/mol. The number of methoxy groups -OCH3 is 1. The van der Waals surface area contributed by atoms with Gasteiger partial charge in [-0.1, -0.05) is 36.4 Å². The van der Waals surface area contributed by atoms with Crippen molar-refractivity contribution < 1.29 is 4.74 Å². The Kier molecular flexibility index (Phi) is 5.60. The van der Waals surface area contributed by atoms with Crippen molar-refractivity contribution in [2.24, 2.45) is 0 Å². The zero-order valence-electron chi connectivity index (χ0n) is 13.8. The molecule has 1 heterocycles. The summed E-state index contributed by atoms with van der Waals surface area (Å²) in [6.45, 7) is 4.92. The zero-order chi connectivity index (χ0) is 16.1. The number of benzene rings is 2. The van der Waals surface area contributed by atoms with E-state index in [2.05, 4.69) is 65.1 Å². The maximum atomic E-state index is 5.18. The standard InChI is InChI=1S/C19H24N2OS/c1-3-21-17-11-6-4-9-15(17)19(20-13-8-14-22-2)16-10-5-7-12-18(16)23-21/h4-7,9-12,19-20H,3,8,13-14H2,1-2H3. The summed E-state index contributed by atoms with van der Waals surface area (Å²) >= 11 is 1.84. The number of hydrogen-bond acceptors (Lipinski definition) is 4. The van der Waals surface area contributed by atoms with E-state index in [0.717, 1.165) is 26.1 Å². The van der Waals surface area contributed by atoms with Crippen LogP contribution in [0.1, 0.15) is 30.5 Å². The first-order valence-electron chi connectivity index (χ1n) is 8.20. The molecule has 0 aliphatic carbocycles. The second-order valence-corrected chi connectivity index (χ2v) is 6.68. The van der Waals surface area contributed by atoms with Gasteiger partial charge >= 0.3 is 0 Å². The van der Waals surface area contributed by atoms with Crippen LogP contribution in [-0.2, 0) is 4.74 Å². The van der Waals surface area contributed by atoms with E-state index in [0.29, 0.717) is 0 Å². The van der Waals surface area contributed by atoms with Gasteiger partial charge in [0.15, 0.2) is 0 Å². The van der Waals surface area contributed by atoms with Crippen LogP contribution in [0.5, 0.6) is 0 Å². The molecule has 0 amide bonds. The summed E-state index contributed by atoms with van der Waals surface area (Å²) in [6, 6.07) is 17.7. The monoisotopic (exact) mass is 328 g/mol. The average Bonchev–Trinajstić information content (AvgIpc) is 2.73. The first-order chi connectivity index (χ1) is 11.3.